The lowest BCUT2D eigenvalue weighted by atomic mass is 10.1. The minimum atomic E-state index is -4.55. The summed E-state index contributed by atoms with van der Waals surface area (Å²) in [6.45, 7) is 3.96. The maximum Gasteiger partial charge on any atom is 0.446 e. The van der Waals surface area contributed by atoms with Gasteiger partial charge in [-0.05, 0) is 61.6 Å². The van der Waals surface area contributed by atoms with E-state index in [1.165, 1.54) is 25.0 Å². The minimum Gasteiger partial charge on any atom is -0.362 e. The summed E-state index contributed by atoms with van der Waals surface area (Å²) in [5.74, 6) is 1.83. The van der Waals surface area contributed by atoms with Crippen molar-refractivity contribution in [2.45, 2.75) is 25.7 Å². The Bertz CT molecular complexity index is 1210. The molecule has 0 spiro atoms. The number of fused-ring (bicyclic) bond motifs is 1. The van der Waals surface area contributed by atoms with Gasteiger partial charge in [0.25, 0.3) is 0 Å². The van der Waals surface area contributed by atoms with E-state index in [1.807, 2.05) is 7.05 Å². The predicted octanol–water partition coefficient (Wildman–Crippen LogP) is 3.02. The van der Waals surface area contributed by atoms with Crippen molar-refractivity contribution < 1.29 is 17.2 Å². The van der Waals surface area contributed by atoms with Crippen molar-refractivity contribution in [2.75, 3.05) is 36.0 Å². The lowest BCUT2D eigenvalue weighted by molar-refractivity contribution is 0.387. The average Bonchev–Trinajstić information content (AvgIpc) is 3.49. The van der Waals surface area contributed by atoms with Crippen LogP contribution in [-0.2, 0) is 17.4 Å². The highest BCUT2D eigenvalue weighted by atomic mass is 32.3. The van der Waals surface area contributed by atoms with Crippen LogP contribution in [0.2, 0.25) is 0 Å². The van der Waals surface area contributed by atoms with Crippen molar-refractivity contribution in [1.29, 1.82) is 0 Å². The van der Waals surface area contributed by atoms with Gasteiger partial charge in [0.1, 0.15) is 17.2 Å². The van der Waals surface area contributed by atoms with Gasteiger partial charge in [-0.1, -0.05) is 0 Å². The quantitative estimate of drug-likeness (QED) is 0.601. The fourth-order valence-electron chi connectivity index (χ4n) is 4.48. The molecule has 1 N–H and O–H groups in total. The van der Waals surface area contributed by atoms with Gasteiger partial charge >= 0.3 is 10.4 Å². The zero-order valence-electron chi connectivity index (χ0n) is 17.4. The summed E-state index contributed by atoms with van der Waals surface area (Å²) in [5.41, 5.74) is 2.71. The highest BCUT2D eigenvalue weighted by Crippen LogP contribution is 2.35. The summed E-state index contributed by atoms with van der Waals surface area (Å²) in [7, 11) is -2.56. The second-order valence-corrected chi connectivity index (χ2v) is 9.12. The molecule has 0 atom stereocenters. The van der Waals surface area contributed by atoms with Crippen LogP contribution in [0.25, 0.3) is 22.3 Å². The van der Waals surface area contributed by atoms with Crippen molar-refractivity contribution >= 4 is 33.2 Å². The maximum atomic E-state index is 10.9. The molecule has 0 saturated carbocycles. The Kier molecular flexibility index (Phi) is 4.98. The zero-order chi connectivity index (χ0) is 21.6. The fourth-order valence-corrected chi connectivity index (χ4v) is 4.83. The molecule has 2 aliphatic heterocycles. The van der Waals surface area contributed by atoms with Gasteiger partial charge < -0.3 is 18.6 Å². The molecular weight excluding hydrogens is 418 g/mol. The van der Waals surface area contributed by atoms with Gasteiger partial charge in [0.05, 0.1) is 11.1 Å². The second kappa shape index (κ2) is 7.69. The molecule has 2 saturated heterocycles. The zero-order valence-corrected chi connectivity index (χ0v) is 18.2. The van der Waals surface area contributed by atoms with Gasteiger partial charge in [0.15, 0.2) is 0 Å². The number of hydrogen-bond donors (Lipinski definition) is 1. The van der Waals surface area contributed by atoms with E-state index in [0.29, 0.717) is 0 Å². The SMILES string of the molecule is Cn1c(-c2ccc(OS(=O)(=O)O)cc2)cc2c(N3CCCC3)nc(N3CCCC3)nc21. The summed E-state index contributed by atoms with van der Waals surface area (Å²) < 4.78 is 37.3. The van der Waals surface area contributed by atoms with Crippen LogP contribution in [0.15, 0.2) is 30.3 Å². The number of rotatable bonds is 5. The summed E-state index contributed by atoms with van der Waals surface area (Å²) in [6, 6.07) is 8.65. The first kappa shape index (κ1) is 20.1. The maximum absolute atomic E-state index is 10.9. The van der Waals surface area contributed by atoms with E-state index in [1.54, 1.807) is 12.1 Å². The summed E-state index contributed by atoms with van der Waals surface area (Å²) in [6.07, 6.45) is 4.66. The van der Waals surface area contributed by atoms with Crippen LogP contribution in [0.4, 0.5) is 11.8 Å². The van der Waals surface area contributed by atoms with E-state index in [2.05, 4.69) is 24.6 Å². The predicted molar refractivity (Wildman–Crippen MR) is 119 cm³/mol. The molecule has 4 heterocycles. The van der Waals surface area contributed by atoms with Crippen molar-refractivity contribution in [3.8, 4) is 17.0 Å². The number of aromatic nitrogens is 3. The van der Waals surface area contributed by atoms with Crippen LogP contribution in [0, 0.1) is 0 Å². The van der Waals surface area contributed by atoms with E-state index in [9.17, 15) is 8.42 Å². The molecule has 1 aromatic carbocycles. The molecule has 0 unspecified atom stereocenters. The Labute approximate surface area is 181 Å². The van der Waals surface area contributed by atoms with Gasteiger partial charge in [-0.15, -0.1) is 0 Å². The molecule has 2 aliphatic rings. The third-order valence-electron chi connectivity index (χ3n) is 6.00. The highest BCUT2D eigenvalue weighted by molar-refractivity contribution is 7.81. The molecular formula is C21H25N5O4S. The topological polar surface area (TPSA) is 101 Å². The second-order valence-electron chi connectivity index (χ2n) is 8.10. The van der Waals surface area contributed by atoms with Crippen molar-refractivity contribution in [2.24, 2.45) is 7.05 Å². The van der Waals surface area contributed by atoms with E-state index in [4.69, 9.17) is 14.5 Å². The molecule has 0 amide bonds. The smallest absolute Gasteiger partial charge is 0.362 e. The fraction of sp³-hybridized carbons (Fsp3) is 0.429. The third-order valence-corrected chi connectivity index (χ3v) is 6.40. The molecule has 9 nitrogen and oxygen atoms in total. The third kappa shape index (κ3) is 3.92. The lowest BCUT2D eigenvalue weighted by Gasteiger charge is -2.21. The van der Waals surface area contributed by atoms with Gasteiger partial charge in [0, 0.05) is 33.2 Å². The van der Waals surface area contributed by atoms with Crippen molar-refractivity contribution in [3.05, 3.63) is 30.3 Å². The molecule has 164 valence electrons. The average molecular weight is 444 g/mol. The molecule has 5 rings (SSSR count). The monoisotopic (exact) mass is 443 g/mol. The van der Waals surface area contributed by atoms with Crippen LogP contribution in [-0.4, -0.2) is 53.7 Å². The van der Waals surface area contributed by atoms with Gasteiger partial charge in [-0.3, -0.25) is 4.55 Å². The Hall–Kier alpha value is -2.85. The summed E-state index contributed by atoms with van der Waals surface area (Å²) in [5, 5.41) is 1.01. The van der Waals surface area contributed by atoms with Crippen molar-refractivity contribution in [1.82, 2.24) is 14.5 Å². The van der Waals surface area contributed by atoms with Crippen molar-refractivity contribution in [3.63, 3.8) is 0 Å². The van der Waals surface area contributed by atoms with Crippen LogP contribution in [0.1, 0.15) is 25.7 Å². The number of nitrogens with zero attached hydrogens (tertiary/aromatic N) is 5. The first-order chi connectivity index (χ1) is 14.9. The number of benzene rings is 1. The number of anilines is 2. The highest BCUT2D eigenvalue weighted by Gasteiger charge is 2.24. The van der Waals surface area contributed by atoms with E-state index in [-0.39, 0.29) is 5.75 Å². The first-order valence-electron chi connectivity index (χ1n) is 10.5. The van der Waals surface area contributed by atoms with Crippen LogP contribution in [0.3, 0.4) is 0 Å². The molecule has 3 aromatic rings. The van der Waals surface area contributed by atoms with E-state index in [0.717, 1.165) is 73.1 Å². The van der Waals surface area contributed by atoms with Crippen LogP contribution in [0.5, 0.6) is 5.75 Å². The van der Waals surface area contributed by atoms with Crippen LogP contribution >= 0.6 is 0 Å². The largest absolute Gasteiger partial charge is 0.446 e. The number of aryl methyl sites for hydroxylation is 1. The molecule has 2 fully saturated rings. The lowest BCUT2D eigenvalue weighted by Crippen LogP contribution is -2.24. The Morgan fingerprint density at radius 3 is 2.16 bits per heavy atom. The van der Waals surface area contributed by atoms with Gasteiger partial charge in [-0.2, -0.15) is 18.4 Å². The molecule has 31 heavy (non-hydrogen) atoms. The molecule has 0 radical (unpaired) electrons. The molecule has 0 bridgehead atoms. The number of hydrogen-bond acceptors (Lipinski definition) is 7. The summed E-state index contributed by atoms with van der Waals surface area (Å²) in [4.78, 5) is 14.5. The Morgan fingerprint density at radius 2 is 1.55 bits per heavy atom. The Balaban J connectivity index is 1.60. The van der Waals surface area contributed by atoms with E-state index < -0.39 is 10.4 Å². The molecule has 10 heteroatoms. The summed E-state index contributed by atoms with van der Waals surface area (Å²) >= 11 is 0. The van der Waals surface area contributed by atoms with E-state index >= 15 is 0 Å². The standard InChI is InChI=1S/C21H25N5O4S/c1-24-18(15-6-8-16(9-7-15)30-31(27,28)29)14-17-19(24)22-21(26-12-4-5-13-26)23-20(17)25-10-2-3-11-25/h6-9,14H,2-5,10-13H2,1H3,(H,27,28,29). The Morgan fingerprint density at radius 1 is 0.935 bits per heavy atom. The molecule has 0 aliphatic carbocycles. The normalized spacial score (nSPS) is 17.1. The molecule has 2 aromatic heterocycles. The minimum absolute atomic E-state index is 0.0545. The van der Waals surface area contributed by atoms with Gasteiger partial charge in [-0.25, -0.2) is 0 Å². The van der Waals surface area contributed by atoms with Gasteiger partial charge in [0.2, 0.25) is 5.95 Å². The van der Waals surface area contributed by atoms with Crippen LogP contribution < -0.4 is 14.0 Å². The first-order valence-corrected chi connectivity index (χ1v) is 11.9.